The number of aliphatic hydroxyl groups excluding tert-OH is 1. The first kappa shape index (κ1) is 17.2. The number of carboxylic acids is 2. The molecule has 0 radical (unpaired) electrons. The van der Waals surface area contributed by atoms with E-state index in [4.69, 9.17) is 10.8 Å². The van der Waals surface area contributed by atoms with Gasteiger partial charge in [0.05, 0.1) is 24.6 Å². The first-order valence-corrected chi connectivity index (χ1v) is 7.10. The van der Waals surface area contributed by atoms with Gasteiger partial charge in [0.15, 0.2) is 0 Å². The van der Waals surface area contributed by atoms with Gasteiger partial charge in [-0.3, -0.25) is 14.4 Å². The van der Waals surface area contributed by atoms with Crippen LogP contribution >= 0.6 is 0 Å². The average Bonchev–Trinajstić information content (AvgIpc) is 3.13. The Bertz CT molecular complexity index is 564. The highest BCUT2D eigenvalue weighted by Gasteiger charge is 2.75. The fraction of sp³-hybridized carbons (Fsp3) is 0.692. The number of rotatable bonds is 6. The summed E-state index contributed by atoms with van der Waals surface area (Å²) >= 11 is 0. The van der Waals surface area contributed by atoms with Crippen LogP contribution in [-0.4, -0.2) is 63.3 Å². The first-order chi connectivity index (χ1) is 10.6. The number of aliphatic carboxylic acids is 2. The smallest absolute Gasteiger partial charge is 0.329 e. The summed E-state index contributed by atoms with van der Waals surface area (Å²) in [5.41, 5.74) is 3.48. The van der Waals surface area contributed by atoms with Crippen LogP contribution in [0.5, 0.6) is 0 Å². The zero-order valence-electron chi connectivity index (χ0n) is 12.4. The molecule has 2 fully saturated rings. The molecule has 2 saturated carbocycles. The lowest BCUT2D eigenvalue weighted by Gasteiger charge is -2.29. The summed E-state index contributed by atoms with van der Waals surface area (Å²) < 4.78 is 0. The first-order valence-electron chi connectivity index (χ1n) is 7.10. The highest BCUT2D eigenvalue weighted by Crippen LogP contribution is 2.62. The third-order valence-corrected chi connectivity index (χ3v) is 4.49. The van der Waals surface area contributed by atoms with Crippen LogP contribution in [0.1, 0.15) is 13.3 Å². The molecule has 0 aliphatic heterocycles. The molecule has 0 bridgehead atoms. The van der Waals surface area contributed by atoms with E-state index in [0.29, 0.717) is 0 Å². The minimum absolute atomic E-state index is 0.269. The predicted octanol–water partition coefficient (Wildman–Crippen LogP) is -2.90. The van der Waals surface area contributed by atoms with E-state index in [1.807, 2.05) is 0 Å². The fourth-order valence-electron chi connectivity index (χ4n) is 3.41. The van der Waals surface area contributed by atoms with E-state index < -0.39 is 65.7 Å². The van der Waals surface area contributed by atoms with Crippen LogP contribution in [-0.2, 0) is 19.2 Å². The van der Waals surface area contributed by atoms with Gasteiger partial charge in [0, 0.05) is 18.3 Å². The molecule has 0 unspecified atom stereocenters. The van der Waals surface area contributed by atoms with E-state index in [1.165, 1.54) is 6.92 Å². The summed E-state index contributed by atoms with van der Waals surface area (Å²) in [6.07, 6.45) is -1.38. The molecule has 6 atom stereocenters. The Balaban J connectivity index is 2.08. The van der Waals surface area contributed by atoms with Gasteiger partial charge in [0.25, 0.3) is 0 Å². The second-order valence-electron chi connectivity index (χ2n) is 6.07. The van der Waals surface area contributed by atoms with Gasteiger partial charge in [-0.1, -0.05) is 0 Å². The van der Waals surface area contributed by atoms with Crippen molar-refractivity contribution in [2.45, 2.75) is 31.0 Å². The van der Waals surface area contributed by atoms with Crippen molar-refractivity contribution in [3.63, 3.8) is 0 Å². The molecule has 2 rings (SSSR count). The molecule has 0 aromatic carbocycles. The molecular weight excluding hydrogens is 310 g/mol. The van der Waals surface area contributed by atoms with E-state index >= 15 is 0 Å². The van der Waals surface area contributed by atoms with Crippen molar-refractivity contribution in [1.29, 1.82) is 0 Å². The number of nitrogens with one attached hydrogen (secondary N) is 2. The molecule has 2 aliphatic rings. The number of nitrogens with two attached hydrogens (primary N) is 1. The fourth-order valence-corrected chi connectivity index (χ4v) is 3.41. The quantitative estimate of drug-likeness (QED) is 0.300. The monoisotopic (exact) mass is 329 g/mol. The molecule has 23 heavy (non-hydrogen) atoms. The third kappa shape index (κ3) is 2.86. The summed E-state index contributed by atoms with van der Waals surface area (Å²) in [5, 5.41) is 32.9. The normalized spacial score (nSPS) is 35.8. The molecule has 7 N–H and O–H groups in total. The van der Waals surface area contributed by atoms with Crippen molar-refractivity contribution < 1.29 is 34.5 Å². The average molecular weight is 329 g/mol. The Morgan fingerprint density at radius 3 is 2.35 bits per heavy atom. The highest BCUT2D eigenvalue weighted by molar-refractivity contribution is 5.93. The molecule has 10 nitrogen and oxygen atoms in total. The van der Waals surface area contributed by atoms with Crippen LogP contribution < -0.4 is 16.4 Å². The second kappa shape index (κ2) is 5.78. The second-order valence-corrected chi connectivity index (χ2v) is 6.07. The lowest BCUT2D eigenvalue weighted by molar-refractivity contribution is -0.150. The molecule has 10 heteroatoms. The van der Waals surface area contributed by atoms with Crippen LogP contribution in [0.4, 0.5) is 0 Å². The van der Waals surface area contributed by atoms with Gasteiger partial charge in [-0.2, -0.15) is 0 Å². The molecule has 2 aliphatic carbocycles. The largest absolute Gasteiger partial charge is 0.481 e. The minimum atomic E-state index is -1.84. The summed E-state index contributed by atoms with van der Waals surface area (Å²) in [6.45, 7) is 0.937. The molecule has 0 spiro atoms. The molecule has 0 aromatic rings. The third-order valence-electron chi connectivity index (χ3n) is 4.49. The number of carbonyl (C=O) groups is 4. The van der Waals surface area contributed by atoms with Crippen LogP contribution in [0.15, 0.2) is 0 Å². The van der Waals surface area contributed by atoms with E-state index in [1.54, 1.807) is 0 Å². The zero-order valence-corrected chi connectivity index (χ0v) is 12.4. The van der Waals surface area contributed by atoms with E-state index in [0.717, 1.165) is 0 Å². The number of hydrogen-bond acceptors (Lipinski definition) is 6. The maximum absolute atomic E-state index is 11.9. The molecule has 0 saturated heterocycles. The number of hydrogen-bond donors (Lipinski definition) is 6. The molecule has 0 heterocycles. The van der Waals surface area contributed by atoms with Crippen LogP contribution in [0.2, 0.25) is 0 Å². The number of fused-ring (bicyclic) bond motifs is 1. The van der Waals surface area contributed by atoms with Crippen molar-refractivity contribution in [2.75, 3.05) is 6.54 Å². The predicted molar refractivity (Wildman–Crippen MR) is 73.9 cm³/mol. The lowest BCUT2D eigenvalue weighted by atomic mass is 9.89. The Hall–Kier alpha value is -2.20. The van der Waals surface area contributed by atoms with Gasteiger partial charge in [-0.25, -0.2) is 4.79 Å². The van der Waals surface area contributed by atoms with Crippen molar-refractivity contribution >= 4 is 23.8 Å². The van der Waals surface area contributed by atoms with Crippen LogP contribution in [0, 0.1) is 17.8 Å². The van der Waals surface area contributed by atoms with Crippen LogP contribution in [0.3, 0.4) is 0 Å². The SMILES string of the molecule is C[C@H](N)C(=O)NCC(=O)N[C@@]1(C(=O)O)C[C@H](O)[C@H]2[C@H](C(=O)O)[C@H]21. The molecule has 128 valence electrons. The number of amides is 2. The van der Waals surface area contributed by atoms with E-state index in [-0.39, 0.29) is 6.42 Å². The topological polar surface area (TPSA) is 179 Å². The van der Waals surface area contributed by atoms with Crippen molar-refractivity contribution in [3.8, 4) is 0 Å². The van der Waals surface area contributed by atoms with E-state index in [9.17, 15) is 29.4 Å². The van der Waals surface area contributed by atoms with E-state index in [2.05, 4.69) is 10.6 Å². The summed E-state index contributed by atoms with van der Waals surface area (Å²) in [6, 6.07) is -0.825. The summed E-state index contributed by atoms with van der Waals surface area (Å²) in [7, 11) is 0. The Labute approximate surface area is 131 Å². The minimum Gasteiger partial charge on any atom is -0.481 e. The van der Waals surface area contributed by atoms with Gasteiger partial charge in [0.1, 0.15) is 5.54 Å². The summed E-state index contributed by atoms with van der Waals surface area (Å²) in [4.78, 5) is 46.0. The number of carbonyl (C=O) groups excluding carboxylic acids is 2. The van der Waals surface area contributed by atoms with Crippen LogP contribution in [0.25, 0.3) is 0 Å². The Kier molecular flexibility index (Phi) is 4.31. The van der Waals surface area contributed by atoms with Gasteiger partial charge < -0.3 is 31.7 Å². The van der Waals surface area contributed by atoms with Crippen molar-refractivity contribution in [1.82, 2.24) is 10.6 Å². The highest BCUT2D eigenvalue weighted by atomic mass is 16.4. The van der Waals surface area contributed by atoms with Gasteiger partial charge in [-0.05, 0) is 6.92 Å². The van der Waals surface area contributed by atoms with Gasteiger partial charge >= 0.3 is 11.9 Å². The maximum Gasteiger partial charge on any atom is 0.329 e. The van der Waals surface area contributed by atoms with Gasteiger partial charge in [0.2, 0.25) is 11.8 Å². The molecule has 0 aromatic heterocycles. The molecule has 2 amide bonds. The zero-order chi connectivity index (χ0) is 17.5. The Morgan fingerprint density at radius 2 is 1.91 bits per heavy atom. The van der Waals surface area contributed by atoms with Crippen molar-refractivity contribution in [3.05, 3.63) is 0 Å². The standard InChI is InChI=1S/C13H19N3O7/c1-4(14)10(19)15-3-6(18)16-13(12(22)23)2-5(17)7-8(9(7)13)11(20)21/h4-5,7-9,17H,2-3,14H2,1H3,(H,15,19)(H,16,18)(H,20,21)(H,22,23)/t4-,5-,7-,8-,9-,13-/m0/s1. The lowest BCUT2D eigenvalue weighted by Crippen LogP contribution is -2.58. The van der Waals surface area contributed by atoms with Crippen molar-refractivity contribution in [2.24, 2.45) is 23.5 Å². The Morgan fingerprint density at radius 1 is 1.30 bits per heavy atom. The number of aliphatic hydroxyl groups is 1. The van der Waals surface area contributed by atoms with Gasteiger partial charge in [-0.15, -0.1) is 0 Å². The maximum atomic E-state index is 11.9. The molecular formula is C13H19N3O7. The number of carboxylic acid groups (broad SMARTS) is 2. The summed E-state index contributed by atoms with van der Waals surface area (Å²) in [5.74, 6) is -6.55.